The van der Waals surface area contributed by atoms with Crippen molar-refractivity contribution in [2.75, 3.05) is 27.3 Å². The number of methoxy groups -OCH3 is 2. The van der Waals surface area contributed by atoms with Gasteiger partial charge in [-0.1, -0.05) is 11.1 Å². The molecule has 2 aliphatic carbocycles. The molecule has 0 saturated heterocycles. The zero-order valence-electron chi connectivity index (χ0n) is 25.1. The summed E-state index contributed by atoms with van der Waals surface area (Å²) in [5.41, 5.74) is 6.13. The van der Waals surface area contributed by atoms with Crippen LogP contribution in [0.3, 0.4) is 0 Å². The zero-order valence-corrected chi connectivity index (χ0v) is 25.1. The molecule has 0 radical (unpaired) electrons. The molecule has 2 heterocycles. The second-order valence-corrected chi connectivity index (χ2v) is 11.6. The first kappa shape index (κ1) is 31.4. The summed E-state index contributed by atoms with van der Waals surface area (Å²) in [5, 5.41) is 44.7. The van der Waals surface area contributed by atoms with Crippen molar-refractivity contribution >= 4 is 0 Å². The van der Waals surface area contributed by atoms with Crippen molar-refractivity contribution in [3.63, 3.8) is 0 Å². The maximum Gasteiger partial charge on any atom is 0.160 e. The quantitative estimate of drug-likeness (QED) is 0.187. The number of hydrogen-bond donors (Lipinski definition) is 6. The van der Waals surface area contributed by atoms with Gasteiger partial charge in [0, 0.05) is 37.1 Å². The van der Waals surface area contributed by atoms with Gasteiger partial charge in [0.05, 0.1) is 25.7 Å². The van der Waals surface area contributed by atoms with Gasteiger partial charge < -0.3 is 40.5 Å². The summed E-state index contributed by atoms with van der Waals surface area (Å²) in [6.07, 6.45) is 10.3. The molecule has 8 nitrogen and oxygen atoms in total. The van der Waals surface area contributed by atoms with Gasteiger partial charge in [0.25, 0.3) is 0 Å². The molecule has 0 fully saturated rings. The van der Waals surface area contributed by atoms with E-state index in [0.717, 1.165) is 75.3 Å². The minimum atomic E-state index is -0.492. The van der Waals surface area contributed by atoms with Crippen LogP contribution in [0.2, 0.25) is 0 Å². The Hall–Kier alpha value is -4.02. The molecule has 44 heavy (non-hydrogen) atoms. The Morgan fingerprint density at radius 2 is 1.05 bits per heavy atom. The lowest BCUT2D eigenvalue weighted by Gasteiger charge is -2.32. The van der Waals surface area contributed by atoms with Gasteiger partial charge in [-0.05, 0) is 98.2 Å². The summed E-state index contributed by atoms with van der Waals surface area (Å²) in [5.74, 6) is -0.423. The second-order valence-electron chi connectivity index (χ2n) is 11.6. The molecule has 0 bridgehead atoms. The molecule has 6 N–H and O–H groups in total. The van der Waals surface area contributed by atoms with Gasteiger partial charge in [-0.15, -0.1) is 0 Å². The molecule has 2 aromatic rings. The van der Waals surface area contributed by atoms with Crippen LogP contribution >= 0.6 is 0 Å². The zero-order chi connectivity index (χ0) is 31.4. The van der Waals surface area contributed by atoms with Gasteiger partial charge in [0.1, 0.15) is 11.6 Å². The highest BCUT2D eigenvalue weighted by Gasteiger charge is 2.28. The average Bonchev–Trinajstić information content (AvgIpc) is 3.02. The van der Waals surface area contributed by atoms with E-state index in [9.17, 15) is 29.2 Å². The standard InChI is InChI=1S/2C17H20FNO3/c2*1-22-12-2-3-13-10(6-12)4-5-19-15(13)7-11-8-16(20)17(21)9-14(11)18/h2*2,8-9,15,19-21H,3-7H2,1H3/t15-;/m1./s1. The fourth-order valence-corrected chi connectivity index (χ4v) is 6.49. The molecule has 2 aromatic carbocycles. The Balaban J connectivity index is 0.000000175. The number of nitrogens with one attached hydrogen (secondary N) is 2. The van der Waals surface area contributed by atoms with Crippen LogP contribution in [-0.4, -0.2) is 59.8 Å². The molecule has 0 saturated carbocycles. The Labute approximate surface area is 256 Å². The third kappa shape index (κ3) is 7.03. The number of ether oxygens (including phenoxy) is 2. The predicted molar refractivity (Wildman–Crippen MR) is 162 cm³/mol. The SMILES string of the molecule is COC1=CCC2=C(CCNC2Cc2cc(O)c(O)cc2F)C1.COC1=CCC2=C(CCN[C@@H]2Cc2cc(O)c(O)cc2F)C1. The van der Waals surface area contributed by atoms with Gasteiger partial charge >= 0.3 is 0 Å². The lowest BCUT2D eigenvalue weighted by molar-refractivity contribution is 0.276. The normalized spacial score (nSPS) is 21.4. The smallest absolute Gasteiger partial charge is 0.160 e. The molecule has 0 spiro atoms. The summed E-state index contributed by atoms with van der Waals surface area (Å²) < 4.78 is 38.6. The third-order valence-electron chi connectivity index (χ3n) is 8.92. The number of halogens is 2. The van der Waals surface area contributed by atoms with Gasteiger partial charge in [-0.25, -0.2) is 8.78 Å². The van der Waals surface area contributed by atoms with E-state index in [1.807, 2.05) is 0 Å². The van der Waals surface area contributed by atoms with Crippen molar-refractivity contribution in [2.24, 2.45) is 0 Å². The number of allylic oxidation sites excluding steroid dienone is 4. The van der Waals surface area contributed by atoms with Crippen LogP contribution in [0.4, 0.5) is 8.78 Å². The summed E-state index contributed by atoms with van der Waals surface area (Å²) in [6.45, 7) is 1.71. The third-order valence-corrected chi connectivity index (χ3v) is 8.92. The highest BCUT2D eigenvalue weighted by atomic mass is 19.1. The van der Waals surface area contributed by atoms with Gasteiger partial charge in [0.2, 0.25) is 0 Å². The van der Waals surface area contributed by atoms with E-state index in [2.05, 4.69) is 22.8 Å². The molecule has 10 heteroatoms. The number of benzene rings is 2. The van der Waals surface area contributed by atoms with Crippen LogP contribution in [-0.2, 0) is 22.3 Å². The number of aromatic hydroxyl groups is 4. The van der Waals surface area contributed by atoms with E-state index in [0.29, 0.717) is 24.0 Å². The van der Waals surface area contributed by atoms with E-state index in [1.165, 1.54) is 34.4 Å². The highest BCUT2D eigenvalue weighted by Crippen LogP contribution is 2.36. The van der Waals surface area contributed by atoms with Crippen LogP contribution in [0.1, 0.15) is 49.7 Å². The number of hydrogen-bond acceptors (Lipinski definition) is 8. The predicted octanol–water partition coefficient (Wildman–Crippen LogP) is 5.52. The molecule has 236 valence electrons. The number of phenolic OH excluding ortho intramolecular Hbond substituents is 4. The number of rotatable bonds is 6. The Morgan fingerprint density at radius 1 is 0.659 bits per heavy atom. The molecular weight excluding hydrogens is 570 g/mol. The molecule has 0 amide bonds. The highest BCUT2D eigenvalue weighted by molar-refractivity contribution is 5.44. The lowest BCUT2D eigenvalue weighted by Crippen LogP contribution is -2.39. The van der Waals surface area contributed by atoms with E-state index in [1.54, 1.807) is 14.2 Å². The first-order valence-corrected chi connectivity index (χ1v) is 14.9. The van der Waals surface area contributed by atoms with Crippen molar-refractivity contribution in [3.8, 4) is 23.0 Å². The molecule has 2 atom stereocenters. The fourth-order valence-electron chi connectivity index (χ4n) is 6.49. The second kappa shape index (κ2) is 13.7. The Morgan fingerprint density at radius 3 is 1.43 bits per heavy atom. The molecule has 4 aliphatic rings. The molecule has 6 rings (SSSR count). The molecular formula is C34H40F2N2O6. The summed E-state index contributed by atoms with van der Waals surface area (Å²) in [6, 6.07) is 4.65. The first-order valence-electron chi connectivity index (χ1n) is 14.9. The van der Waals surface area contributed by atoms with Crippen molar-refractivity contribution < 1.29 is 38.7 Å². The topological polar surface area (TPSA) is 123 Å². The van der Waals surface area contributed by atoms with Gasteiger partial charge in [-0.3, -0.25) is 0 Å². The number of phenols is 4. The van der Waals surface area contributed by atoms with E-state index in [4.69, 9.17) is 9.47 Å². The van der Waals surface area contributed by atoms with Crippen molar-refractivity contribution in [1.29, 1.82) is 0 Å². The van der Waals surface area contributed by atoms with Gasteiger partial charge in [0.15, 0.2) is 23.0 Å². The van der Waals surface area contributed by atoms with Crippen molar-refractivity contribution in [1.82, 2.24) is 10.6 Å². The minimum Gasteiger partial charge on any atom is -0.504 e. The van der Waals surface area contributed by atoms with Crippen LogP contribution in [0, 0.1) is 11.6 Å². The lowest BCUT2D eigenvalue weighted by atomic mass is 9.83. The van der Waals surface area contributed by atoms with E-state index < -0.39 is 23.1 Å². The summed E-state index contributed by atoms with van der Waals surface area (Å²) in [7, 11) is 3.37. The van der Waals surface area contributed by atoms with E-state index >= 15 is 0 Å². The average molecular weight is 611 g/mol. The summed E-state index contributed by atoms with van der Waals surface area (Å²) >= 11 is 0. The first-order chi connectivity index (χ1) is 21.2. The van der Waals surface area contributed by atoms with Crippen LogP contribution in [0.5, 0.6) is 23.0 Å². The van der Waals surface area contributed by atoms with Gasteiger partial charge in [-0.2, -0.15) is 0 Å². The van der Waals surface area contributed by atoms with Crippen LogP contribution < -0.4 is 10.6 Å². The molecule has 2 aliphatic heterocycles. The van der Waals surface area contributed by atoms with Crippen LogP contribution in [0.25, 0.3) is 0 Å². The fraction of sp³-hybridized carbons (Fsp3) is 0.412. The molecule has 0 aromatic heterocycles. The monoisotopic (exact) mass is 610 g/mol. The minimum absolute atomic E-state index is 0.0526. The van der Waals surface area contributed by atoms with E-state index in [-0.39, 0.29) is 23.6 Å². The molecule has 1 unspecified atom stereocenters. The van der Waals surface area contributed by atoms with Crippen molar-refractivity contribution in [2.45, 2.75) is 63.5 Å². The van der Waals surface area contributed by atoms with Crippen molar-refractivity contribution in [3.05, 3.63) is 93.0 Å². The Kier molecular flexibility index (Phi) is 9.80. The summed E-state index contributed by atoms with van der Waals surface area (Å²) in [4.78, 5) is 0. The maximum atomic E-state index is 14.0. The van der Waals surface area contributed by atoms with Crippen LogP contribution in [0.15, 0.2) is 70.2 Å². The Bertz CT molecular complexity index is 1420. The maximum absolute atomic E-state index is 14.0. The largest absolute Gasteiger partial charge is 0.504 e.